The fourth-order valence-corrected chi connectivity index (χ4v) is 2.65. The van der Waals surface area contributed by atoms with E-state index in [4.69, 9.17) is 4.74 Å². The Morgan fingerprint density at radius 2 is 2.19 bits per heavy atom. The molecule has 0 bridgehead atoms. The summed E-state index contributed by atoms with van der Waals surface area (Å²) in [6, 6.07) is 7.38. The lowest BCUT2D eigenvalue weighted by Gasteiger charge is -2.14. The quantitative estimate of drug-likeness (QED) is 0.803. The van der Waals surface area contributed by atoms with Crippen LogP contribution in [0.2, 0.25) is 0 Å². The number of carbonyl (C=O) groups is 1. The minimum Gasteiger partial charge on any atom is -0.489 e. The van der Waals surface area contributed by atoms with Crippen molar-refractivity contribution in [3.63, 3.8) is 0 Å². The van der Waals surface area contributed by atoms with Crippen molar-refractivity contribution in [3.8, 4) is 5.75 Å². The first-order valence-electron chi connectivity index (χ1n) is 6.63. The van der Waals surface area contributed by atoms with Gasteiger partial charge in [0.15, 0.2) is 4.96 Å². The predicted molar refractivity (Wildman–Crippen MR) is 83.2 cm³/mol. The summed E-state index contributed by atoms with van der Waals surface area (Å²) in [6.07, 6.45) is 3.63. The highest BCUT2D eigenvalue weighted by atomic mass is 32.1. The van der Waals surface area contributed by atoms with Gasteiger partial charge in [0.05, 0.1) is 11.8 Å². The Morgan fingerprint density at radius 1 is 1.38 bits per heavy atom. The van der Waals surface area contributed by atoms with E-state index in [1.54, 1.807) is 6.20 Å². The number of para-hydroxylation sites is 2. The van der Waals surface area contributed by atoms with Crippen LogP contribution in [0.15, 0.2) is 42.0 Å². The third kappa shape index (κ3) is 2.90. The smallest absolute Gasteiger partial charge is 0.276 e. The summed E-state index contributed by atoms with van der Waals surface area (Å²) in [5.74, 6) is 0.410. The highest BCUT2D eigenvalue weighted by Crippen LogP contribution is 2.25. The fraction of sp³-hybridized carbons (Fsp3) is 0.200. The number of thiazole rings is 1. The number of benzene rings is 1. The van der Waals surface area contributed by atoms with Gasteiger partial charge in [-0.1, -0.05) is 12.1 Å². The lowest BCUT2D eigenvalue weighted by molar-refractivity contribution is 0.102. The fourth-order valence-electron chi connectivity index (χ4n) is 1.95. The molecule has 2 aromatic heterocycles. The van der Waals surface area contributed by atoms with E-state index in [1.165, 1.54) is 11.3 Å². The van der Waals surface area contributed by atoms with E-state index in [0.29, 0.717) is 17.1 Å². The molecule has 108 valence electrons. The number of hydrogen-bond acceptors (Lipinski definition) is 4. The van der Waals surface area contributed by atoms with E-state index in [1.807, 2.05) is 54.1 Å². The second kappa shape index (κ2) is 5.57. The summed E-state index contributed by atoms with van der Waals surface area (Å²) < 4.78 is 7.52. The number of nitrogens with zero attached hydrogens (tertiary/aromatic N) is 2. The zero-order valence-corrected chi connectivity index (χ0v) is 12.6. The molecule has 0 fully saturated rings. The molecule has 0 aliphatic heterocycles. The second-order valence-electron chi connectivity index (χ2n) is 4.84. The predicted octanol–water partition coefficient (Wildman–Crippen LogP) is 3.44. The first-order chi connectivity index (χ1) is 10.1. The van der Waals surface area contributed by atoms with Gasteiger partial charge in [-0.25, -0.2) is 4.98 Å². The Morgan fingerprint density at radius 3 is 2.95 bits per heavy atom. The van der Waals surface area contributed by atoms with E-state index in [9.17, 15) is 4.79 Å². The highest BCUT2D eigenvalue weighted by molar-refractivity contribution is 7.15. The van der Waals surface area contributed by atoms with Crippen LogP contribution in [-0.2, 0) is 0 Å². The Balaban J connectivity index is 1.82. The molecule has 0 aliphatic carbocycles. The van der Waals surface area contributed by atoms with Crippen LogP contribution in [0.1, 0.15) is 24.3 Å². The number of imidazole rings is 1. The number of nitrogens with one attached hydrogen (secondary N) is 1. The van der Waals surface area contributed by atoms with Crippen LogP contribution in [0.4, 0.5) is 5.69 Å². The molecule has 0 unspecified atom stereocenters. The normalized spacial score (nSPS) is 11.0. The molecule has 0 atom stereocenters. The van der Waals surface area contributed by atoms with Crippen LogP contribution in [0.5, 0.6) is 5.75 Å². The maximum Gasteiger partial charge on any atom is 0.276 e. The molecule has 0 spiro atoms. The van der Waals surface area contributed by atoms with Crippen LogP contribution < -0.4 is 10.1 Å². The minimum absolute atomic E-state index is 0.0426. The van der Waals surface area contributed by atoms with Crippen LogP contribution in [0, 0.1) is 0 Å². The van der Waals surface area contributed by atoms with Gasteiger partial charge in [0.25, 0.3) is 5.91 Å². The summed E-state index contributed by atoms with van der Waals surface area (Å²) in [7, 11) is 0. The van der Waals surface area contributed by atoms with Crippen LogP contribution in [0.25, 0.3) is 4.96 Å². The number of amides is 1. The van der Waals surface area contributed by atoms with Gasteiger partial charge in [-0.05, 0) is 26.0 Å². The Kier molecular flexibility index (Phi) is 3.62. The lowest BCUT2D eigenvalue weighted by atomic mass is 10.2. The maximum absolute atomic E-state index is 12.3. The van der Waals surface area contributed by atoms with E-state index in [0.717, 1.165) is 4.96 Å². The van der Waals surface area contributed by atoms with Gasteiger partial charge >= 0.3 is 0 Å². The molecule has 1 amide bonds. The largest absolute Gasteiger partial charge is 0.489 e. The monoisotopic (exact) mass is 301 g/mol. The number of carbonyl (C=O) groups excluding carboxylic acids is 1. The summed E-state index contributed by atoms with van der Waals surface area (Å²) in [5.41, 5.74) is 1.04. The number of fused-ring (bicyclic) bond motifs is 1. The summed E-state index contributed by atoms with van der Waals surface area (Å²) in [5, 5.41) is 4.77. The van der Waals surface area contributed by atoms with E-state index in [2.05, 4.69) is 10.3 Å². The third-order valence-electron chi connectivity index (χ3n) is 2.82. The molecule has 6 heteroatoms. The van der Waals surface area contributed by atoms with Gasteiger partial charge in [-0.2, -0.15) is 0 Å². The standard InChI is InChI=1S/C15H15N3O2S/c1-10(2)20-13-6-4-3-5-11(13)16-14(19)12-9-18-7-8-21-15(18)17-12/h3-10H,1-2H3,(H,16,19). The first kappa shape index (κ1) is 13.6. The molecular formula is C15H15N3O2S. The van der Waals surface area contributed by atoms with Gasteiger partial charge < -0.3 is 10.1 Å². The summed E-state index contributed by atoms with van der Waals surface area (Å²) in [6.45, 7) is 3.89. The zero-order chi connectivity index (χ0) is 14.8. The van der Waals surface area contributed by atoms with Crippen molar-refractivity contribution in [1.29, 1.82) is 0 Å². The zero-order valence-electron chi connectivity index (χ0n) is 11.7. The molecule has 3 aromatic rings. The molecule has 5 nitrogen and oxygen atoms in total. The molecule has 0 aliphatic rings. The van der Waals surface area contributed by atoms with E-state index in [-0.39, 0.29) is 12.0 Å². The van der Waals surface area contributed by atoms with Crippen molar-refractivity contribution in [2.75, 3.05) is 5.32 Å². The lowest BCUT2D eigenvalue weighted by Crippen LogP contribution is -2.14. The van der Waals surface area contributed by atoms with Gasteiger partial charge in [-0.15, -0.1) is 11.3 Å². The SMILES string of the molecule is CC(C)Oc1ccccc1NC(=O)c1cn2ccsc2n1. The average molecular weight is 301 g/mol. The van der Waals surface area contributed by atoms with Crippen molar-refractivity contribution >= 4 is 27.9 Å². The Labute approximate surface area is 126 Å². The number of rotatable bonds is 4. The number of hydrogen-bond donors (Lipinski definition) is 1. The molecule has 2 heterocycles. The third-order valence-corrected chi connectivity index (χ3v) is 3.59. The molecule has 0 saturated heterocycles. The van der Waals surface area contributed by atoms with Gasteiger partial charge in [0.2, 0.25) is 0 Å². The molecule has 3 rings (SSSR count). The van der Waals surface area contributed by atoms with Crippen LogP contribution >= 0.6 is 11.3 Å². The molecule has 1 N–H and O–H groups in total. The van der Waals surface area contributed by atoms with Gasteiger partial charge in [-0.3, -0.25) is 9.20 Å². The van der Waals surface area contributed by atoms with Crippen molar-refractivity contribution in [2.45, 2.75) is 20.0 Å². The van der Waals surface area contributed by atoms with Crippen molar-refractivity contribution in [2.24, 2.45) is 0 Å². The number of ether oxygens (including phenoxy) is 1. The van der Waals surface area contributed by atoms with Crippen LogP contribution in [-0.4, -0.2) is 21.4 Å². The minimum atomic E-state index is -0.245. The van der Waals surface area contributed by atoms with Crippen molar-refractivity contribution in [1.82, 2.24) is 9.38 Å². The average Bonchev–Trinajstić information content (AvgIpc) is 3.01. The van der Waals surface area contributed by atoms with E-state index >= 15 is 0 Å². The van der Waals surface area contributed by atoms with Crippen molar-refractivity contribution < 1.29 is 9.53 Å². The van der Waals surface area contributed by atoms with E-state index < -0.39 is 0 Å². The Bertz CT molecular complexity index is 747. The second-order valence-corrected chi connectivity index (χ2v) is 5.71. The topological polar surface area (TPSA) is 55.6 Å². The Hall–Kier alpha value is -2.34. The van der Waals surface area contributed by atoms with Gasteiger partial charge in [0, 0.05) is 17.8 Å². The molecule has 0 radical (unpaired) electrons. The molecule has 1 aromatic carbocycles. The van der Waals surface area contributed by atoms with Crippen molar-refractivity contribution in [3.05, 3.63) is 47.7 Å². The summed E-state index contributed by atoms with van der Waals surface area (Å²) in [4.78, 5) is 17.4. The van der Waals surface area contributed by atoms with Crippen LogP contribution in [0.3, 0.4) is 0 Å². The molecule has 21 heavy (non-hydrogen) atoms. The molecular weight excluding hydrogens is 286 g/mol. The first-order valence-corrected chi connectivity index (χ1v) is 7.50. The number of aromatic nitrogens is 2. The summed E-state index contributed by atoms with van der Waals surface area (Å²) >= 11 is 1.49. The molecule has 0 saturated carbocycles. The maximum atomic E-state index is 12.3. The number of anilines is 1. The highest BCUT2D eigenvalue weighted by Gasteiger charge is 2.14. The van der Waals surface area contributed by atoms with Gasteiger partial charge in [0.1, 0.15) is 11.4 Å².